The highest BCUT2D eigenvalue weighted by atomic mass is 35.5. The van der Waals surface area contributed by atoms with Gasteiger partial charge in [-0.05, 0) is 69.0 Å². The molecule has 3 heterocycles. The van der Waals surface area contributed by atoms with Crippen LogP contribution in [-0.4, -0.2) is 75.2 Å². The Hall–Kier alpha value is -1.75. The molecule has 2 saturated heterocycles. The number of rotatable bonds is 3. The van der Waals surface area contributed by atoms with Gasteiger partial charge in [0.2, 0.25) is 10.0 Å². The summed E-state index contributed by atoms with van der Waals surface area (Å²) in [5.74, 6) is 0.372. The van der Waals surface area contributed by atoms with Crippen LogP contribution < -0.4 is 10.2 Å². The van der Waals surface area contributed by atoms with Crippen molar-refractivity contribution in [1.29, 1.82) is 0 Å². The van der Waals surface area contributed by atoms with E-state index in [1.807, 2.05) is 0 Å². The minimum atomic E-state index is -3.64. The molecule has 0 spiro atoms. The maximum absolute atomic E-state index is 13.2. The highest BCUT2D eigenvalue weighted by Gasteiger charge is 2.43. The van der Waals surface area contributed by atoms with E-state index in [-0.39, 0.29) is 10.9 Å². The number of likely N-dealkylation sites (N-methyl/N-ethyl adjacent to an activating group) is 1. The largest absolute Gasteiger partial charge is 0.379 e. The van der Waals surface area contributed by atoms with Crippen LogP contribution in [0.4, 0.5) is 11.4 Å². The fourth-order valence-corrected chi connectivity index (χ4v) is 7.16. The van der Waals surface area contributed by atoms with Crippen molar-refractivity contribution >= 4 is 50.3 Å². The van der Waals surface area contributed by atoms with Crippen molar-refractivity contribution < 1.29 is 13.2 Å². The van der Waals surface area contributed by atoms with Crippen molar-refractivity contribution in [2.24, 2.45) is 0 Å². The van der Waals surface area contributed by atoms with Crippen molar-refractivity contribution in [3.8, 4) is 0 Å². The summed E-state index contributed by atoms with van der Waals surface area (Å²) in [6.07, 6.45) is 0.996. The van der Waals surface area contributed by atoms with Gasteiger partial charge in [-0.25, -0.2) is 8.42 Å². The third-order valence-electron chi connectivity index (χ3n) is 6.96. The molecule has 2 atom stereocenters. The van der Waals surface area contributed by atoms with Gasteiger partial charge >= 0.3 is 0 Å². The smallest absolute Gasteiger partial charge is 0.243 e. The summed E-state index contributed by atoms with van der Waals surface area (Å²) in [5, 5.41) is 4.23. The summed E-state index contributed by atoms with van der Waals surface area (Å²) in [6.45, 7) is 5.57. The molecule has 2 fully saturated rings. The fourth-order valence-electron chi connectivity index (χ4n) is 5.22. The van der Waals surface area contributed by atoms with E-state index in [0.29, 0.717) is 48.0 Å². The molecule has 10 heteroatoms. The highest BCUT2D eigenvalue weighted by molar-refractivity contribution is 7.89. The average molecular weight is 521 g/mol. The van der Waals surface area contributed by atoms with Gasteiger partial charge in [0.05, 0.1) is 28.8 Å². The number of morpholine rings is 1. The zero-order valence-electron chi connectivity index (χ0n) is 19.3. The standard InChI is InChI=1S/C24H29ClN4O3S2/c1-16-3-6-22-18(13-16)19-15-27(2)8-7-23(19)29(22)24(33)26-21-14-17(4-5-20(21)25)34(30,31)28-9-11-32-12-10-28/h3-6,13-14,19,23H,7-12,15H2,1-2H3,(H,26,33)/t19-,23-/m0/s1. The maximum Gasteiger partial charge on any atom is 0.243 e. The molecule has 34 heavy (non-hydrogen) atoms. The number of piperidine rings is 1. The number of fused-ring (bicyclic) bond motifs is 3. The maximum atomic E-state index is 13.2. The summed E-state index contributed by atoms with van der Waals surface area (Å²) in [7, 11) is -1.48. The van der Waals surface area contributed by atoms with E-state index in [0.717, 1.165) is 25.2 Å². The van der Waals surface area contributed by atoms with Gasteiger partial charge in [-0.1, -0.05) is 29.3 Å². The zero-order chi connectivity index (χ0) is 24.0. The molecular formula is C24H29ClN4O3S2. The van der Waals surface area contributed by atoms with Crippen molar-refractivity contribution in [2.75, 3.05) is 56.7 Å². The number of hydrogen-bond donors (Lipinski definition) is 1. The summed E-state index contributed by atoms with van der Waals surface area (Å²) in [5.41, 5.74) is 4.15. The Morgan fingerprint density at radius 1 is 1.15 bits per heavy atom. The van der Waals surface area contributed by atoms with Crippen molar-refractivity contribution in [1.82, 2.24) is 9.21 Å². The molecule has 182 valence electrons. The molecule has 1 N–H and O–H groups in total. The SMILES string of the molecule is Cc1ccc2c(c1)[C@@H]1CN(C)CC[C@@H]1N2C(=S)Nc1cc(S(=O)(=O)N2CCOCC2)ccc1Cl. The molecule has 0 unspecified atom stereocenters. The molecule has 3 aliphatic rings. The minimum Gasteiger partial charge on any atom is -0.379 e. The van der Waals surface area contributed by atoms with E-state index in [9.17, 15) is 8.42 Å². The first-order valence-corrected chi connectivity index (χ1v) is 13.7. The number of ether oxygens (including phenoxy) is 1. The predicted molar refractivity (Wildman–Crippen MR) is 140 cm³/mol. The Morgan fingerprint density at radius 2 is 1.91 bits per heavy atom. The number of likely N-dealkylation sites (tertiary alicyclic amines) is 1. The van der Waals surface area contributed by atoms with Gasteiger partial charge in [0, 0.05) is 37.3 Å². The van der Waals surface area contributed by atoms with Gasteiger partial charge in [-0.15, -0.1) is 0 Å². The molecule has 0 saturated carbocycles. The molecule has 7 nitrogen and oxygen atoms in total. The quantitative estimate of drug-likeness (QED) is 0.619. The Kier molecular flexibility index (Phi) is 6.60. The van der Waals surface area contributed by atoms with Crippen LogP contribution in [-0.2, 0) is 14.8 Å². The first kappa shape index (κ1) is 24.0. The van der Waals surface area contributed by atoms with Gasteiger partial charge < -0.3 is 19.9 Å². The van der Waals surface area contributed by atoms with Crippen LogP contribution >= 0.6 is 23.8 Å². The van der Waals surface area contributed by atoms with Crippen LogP contribution in [0.1, 0.15) is 23.5 Å². The molecule has 2 aromatic rings. The number of hydrogen-bond acceptors (Lipinski definition) is 5. The first-order chi connectivity index (χ1) is 16.3. The average Bonchev–Trinajstić information content (AvgIpc) is 3.13. The minimum absolute atomic E-state index is 0.193. The lowest BCUT2D eigenvalue weighted by atomic mass is 9.89. The lowest BCUT2D eigenvalue weighted by Gasteiger charge is -2.37. The van der Waals surface area contributed by atoms with Gasteiger partial charge in [0.15, 0.2) is 5.11 Å². The van der Waals surface area contributed by atoms with E-state index < -0.39 is 10.0 Å². The molecule has 2 aromatic carbocycles. The Morgan fingerprint density at radius 3 is 2.68 bits per heavy atom. The molecule has 0 radical (unpaired) electrons. The lowest BCUT2D eigenvalue weighted by Crippen LogP contribution is -2.48. The molecule has 0 aromatic heterocycles. The second kappa shape index (κ2) is 9.37. The number of thiocarbonyl (C=S) groups is 1. The molecular weight excluding hydrogens is 492 g/mol. The topological polar surface area (TPSA) is 65.1 Å². The number of sulfonamides is 1. The van der Waals surface area contributed by atoms with Gasteiger partial charge in [-0.3, -0.25) is 0 Å². The number of nitrogens with one attached hydrogen (secondary N) is 1. The lowest BCUT2D eigenvalue weighted by molar-refractivity contribution is 0.0730. The van der Waals surface area contributed by atoms with Crippen LogP contribution in [0.15, 0.2) is 41.3 Å². The number of aryl methyl sites for hydroxylation is 1. The Bertz CT molecular complexity index is 1220. The highest BCUT2D eigenvalue weighted by Crippen LogP contribution is 2.45. The summed E-state index contributed by atoms with van der Waals surface area (Å²) >= 11 is 12.4. The van der Waals surface area contributed by atoms with Crippen molar-refractivity contribution in [3.05, 3.63) is 52.5 Å². The van der Waals surface area contributed by atoms with Crippen LogP contribution in [0.2, 0.25) is 5.02 Å². The second-order valence-corrected chi connectivity index (χ2v) is 12.0. The monoisotopic (exact) mass is 520 g/mol. The molecule has 3 aliphatic heterocycles. The third-order valence-corrected chi connectivity index (χ3v) is 9.48. The third kappa shape index (κ3) is 4.34. The summed E-state index contributed by atoms with van der Waals surface area (Å²) in [4.78, 5) is 4.75. The van der Waals surface area contributed by atoms with Crippen LogP contribution in [0.5, 0.6) is 0 Å². The molecule has 0 amide bonds. The van der Waals surface area contributed by atoms with E-state index in [2.05, 4.69) is 47.3 Å². The van der Waals surface area contributed by atoms with E-state index in [4.69, 9.17) is 28.6 Å². The van der Waals surface area contributed by atoms with Gasteiger partial charge in [0.1, 0.15) is 0 Å². The normalized spacial score (nSPS) is 23.4. The number of benzene rings is 2. The number of halogens is 1. The molecule has 0 aliphatic carbocycles. The predicted octanol–water partition coefficient (Wildman–Crippen LogP) is 3.67. The second-order valence-electron chi connectivity index (χ2n) is 9.25. The van der Waals surface area contributed by atoms with Crippen LogP contribution in [0.3, 0.4) is 0 Å². The summed E-state index contributed by atoms with van der Waals surface area (Å²) < 4.78 is 33.1. The number of anilines is 2. The Labute approximate surface area is 211 Å². The molecule has 5 rings (SSSR count). The van der Waals surface area contributed by atoms with E-state index in [1.54, 1.807) is 18.2 Å². The molecule has 0 bridgehead atoms. The van der Waals surface area contributed by atoms with Crippen LogP contribution in [0.25, 0.3) is 0 Å². The van der Waals surface area contributed by atoms with Gasteiger partial charge in [0.25, 0.3) is 0 Å². The fraction of sp³-hybridized carbons (Fsp3) is 0.458. The summed E-state index contributed by atoms with van der Waals surface area (Å²) in [6, 6.07) is 11.5. The van der Waals surface area contributed by atoms with Crippen molar-refractivity contribution in [2.45, 2.75) is 30.2 Å². The zero-order valence-corrected chi connectivity index (χ0v) is 21.7. The van der Waals surface area contributed by atoms with E-state index >= 15 is 0 Å². The Balaban J connectivity index is 1.44. The number of nitrogens with zero attached hydrogens (tertiary/aromatic N) is 3. The van der Waals surface area contributed by atoms with Crippen molar-refractivity contribution in [3.63, 3.8) is 0 Å². The van der Waals surface area contributed by atoms with Gasteiger partial charge in [-0.2, -0.15) is 4.31 Å². The van der Waals surface area contributed by atoms with E-state index in [1.165, 1.54) is 15.4 Å². The first-order valence-electron chi connectivity index (χ1n) is 11.5. The van der Waals surface area contributed by atoms with Crippen LogP contribution in [0, 0.1) is 6.92 Å².